The SMILES string of the molecule is COc1ccccc1-n1nnnc1SCC(=O)c1c[nH]c2ccccc12. The molecule has 0 amide bonds. The van der Waals surface area contributed by atoms with E-state index in [-0.39, 0.29) is 11.5 Å². The number of nitrogens with one attached hydrogen (secondary N) is 1. The highest BCUT2D eigenvalue weighted by atomic mass is 32.2. The van der Waals surface area contributed by atoms with Crippen LogP contribution in [0.1, 0.15) is 10.4 Å². The molecule has 1 N–H and O–H groups in total. The number of carbonyl (C=O) groups excluding carboxylic acids is 1. The van der Waals surface area contributed by atoms with Crippen molar-refractivity contribution in [2.24, 2.45) is 0 Å². The Morgan fingerprint density at radius 3 is 2.88 bits per heavy atom. The minimum atomic E-state index is 0.0158. The Labute approximate surface area is 153 Å². The van der Waals surface area contributed by atoms with E-state index in [1.165, 1.54) is 11.8 Å². The van der Waals surface area contributed by atoms with Crippen molar-refractivity contribution < 1.29 is 9.53 Å². The molecule has 2 aromatic heterocycles. The zero-order chi connectivity index (χ0) is 17.9. The van der Waals surface area contributed by atoms with Crippen LogP contribution in [0.2, 0.25) is 0 Å². The van der Waals surface area contributed by atoms with Gasteiger partial charge in [-0.15, -0.1) is 5.10 Å². The lowest BCUT2D eigenvalue weighted by atomic mass is 10.1. The summed E-state index contributed by atoms with van der Waals surface area (Å²) in [6.45, 7) is 0. The summed E-state index contributed by atoms with van der Waals surface area (Å²) in [6, 6.07) is 15.2. The molecule has 0 atom stereocenters. The van der Waals surface area contributed by atoms with Crippen molar-refractivity contribution in [1.29, 1.82) is 0 Å². The molecule has 0 aliphatic heterocycles. The highest BCUT2D eigenvalue weighted by Gasteiger charge is 2.17. The topological polar surface area (TPSA) is 85.7 Å². The number of benzene rings is 2. The van der Waals surface area contributed by atoms with Crippen LogP contribution >= 0.6 is 11.8 Å². The molecule has 2 heterocycles. The number of thioether (sulfide) groups is 1. The summed E-state index contributed by atoms with van der Waals surface area (Å²) in [5, 5.41) is 13.2. The van der Waals surface area contributed by atoms with Crippen LogP contribution in [0.5, 0.6) is 5.75 Å². The van der Waals surface area contributed by atoms with Crippen LogP contribution in [0.15, 0.2) is 59.9 Å². The number of fused-ring (bicyclic) bond motifs is 1. The molecule has 130 valence electrons. The number of aromatic amines is 1. The third kappa shape index (κ3) is 2.95. The van der Waals surface area contributed by atoms with E-state index >= 15 is 0 Å². The molecule has 0 saturated carbocycles. The first kappa shape index (κ1) is 16.3. The van der Waals surface area contributed by atoms with Gasteiger partial charge in [0, 0.05) is 22.7 Å². The van der Waals surface area contributed by atoms with E-state index in [0.29, 0.717) is 16.5 Å². The van der Waals surface area contributed by atoms with Gasteiger partial charge in [0.1, 0.15) is 11.4 Å². The first-order valence-corrected chi connectivity index (χ1v) is 8.90. The number of ketones is 1. The summed E-state index contributed by atoms with van der Waals surface area (Å²) >= 11 is 1.29. The Hall–Kier alpha value is -3.13. The van der Waals surface area contributed by atoms with Gasteiger partial charge in [-0.1, -0.05) is 42.1 Å². The molecule has 0 radical (unpaired) electrons. The van der Waals surface area contributed by atoms with Crippen LogP contribution < -0.4 is 4.74 Å². The van der Waals surface area contributed by atoms with Crippen molar-refractivity contribution >= 4 is 28.4 Å². The summed E-state index contributed by atoms with van der Waals surface area (Å²) in [4.78, 5) is 15.8. The number of hydrogen-bond acceptors (Lipinski definition) is 6. The van der Waals surface area contributed by atoms with E-state index < -0.39 is 0 Å². The van der Waals surface area contributed by atoms with Crippen LogP contribution in [0.4, 0.5) is 0 Å². The van der Waals surface area contributed by atoms with Gasteiger partial charge >= 0.3 is 0 Å². The molecule has 0 aliphatic rings. The van der Waals surface area contributed by atoms with Crippen molar-refractivity contribution in [3.63, 3.8) is 0 Å². The summed E-state index contributed by atoms with van der Waals surface area (Å²) in [7, 11) is 1.59. The van der Waals surface area contributed by atoms with E-state index in [2.05, 4.69) is 20.5 Å². The first-order valence-electron chi connectivity index (χ1n) is 7.92. The van der Waals surface area contributed by atoms with E-state index in [1.54, 1.807) is 18.0 Å². The standard InChI is InChI=1S/C18H15N5O2S/c1-25-17-9-5-4-8-15(17)23-18(20-21-22-23)26-11-16(24)13-10-19-14-7-3-2-6-12(13)14/h2-10,19H,11H2,1H3. The van der Waals surface area contributed by atoms with E-state index in [4.69, 9.17) is 4.74 Å². The fourth-order valence-electron chi connectivity index (χ4n) is 2.73. The minimum absolute atomic E-state index is 0.0158. The molecule has 8 heteroatoms. The molecule has 0 bridgehead atoms. The van der Waals surface area contributed by atoms with Gasteiger partial charge in [-0.25, -0.2) is 0 Å². The normalized spacial score (nSPS) is 11.0. The molecule has 4 rings (SSSR count). The monoisotopic (exact) mass is 365 g/mol. The van der Waals surface area contributed by atoms with Crippen LogP contribution in [0, 0.1) is 0 Å². The molecule has 26 heavy (non-hydrogen) atoms. The maximum atomic E-state index is 12.6. The summed E-state index contributed by atoms with van der Waals surface area (Å²) in [5.41, 5.74) is 2.34. The lowest BCUT2D eigenvalue weighted by Gasteiger charge is -2.08. The fraction of sp³-hybridized carbons (Fsp3) is 0.111. The average molecular weight is 365 g/mol. The molecule has 0 fully saturated rings. The molecule has 0 unspecified atom stereocenters. The number of ether oxygens (including phenoxy) is 1. The van der Waals surface area contributed by atoms with Crippen LogP contribution in [-0.4, -0.2) is 43.8 Å². The number of carbonyl (C=O) groups is 1. The lowest BCUT2D eigenvalue weighted by Crippen LogP contribution is -2.05. The van der Waals surface area contributed by atoms with Gasteiger partial charge in [0.2, 0.25) is 5.16 Å². The number of rotatable bonds is 6. The number of nitrogens with zero attached hydrogens (tertiary/aromatic N) is 4. The Morgan fingerprint density at radius 1 is 1.19 bits per heavy atom. The molecular weight excluding hydrogens is 350 g/mol. The lowest BCUT2D eigenvalue weighted by molar-refractivity contribution is 0.102. The predicted molar refractivity (Wildman–Crippen MR) is 99.1 cm³/mol. The zero-order valence-electron chi connectivity index (χ0n) is 13.9. The average Bonchev–Trinajstić information content (AvgIpc) is 3.33. The van der Waals surface area contributed by atoms with Crippen molar-refractivity contribution in [3.05, 3.63) is 60.3 Å². The van der Waals surface area contributed by atoms with Gasteiger partial charge in [0.05, 0.1) is 12.9 Å². The van der Waals surface area contributed by atoms with Crippen LogP contribution in [0.25, 0.3) is 16.6 Å². The Bertz CT molecular complexity index is 1070. The number of H-pyrrole nitrogens is 1. The van der Waals surface area contributed by atoms with E-state index in [1.807, 2.05) is 48.5 Å². The maximum absolute atomic E-state index is 12.6. The van der Waals surface area contributed by atoms with Gasteiger partial charge in [-0.2, -0.15) is 4.68 Å². The van der Waals surface area contributed by atoms with Crippen LogP contribution in [0.3, 0.4) is 0 Å². The fourth-order valence-corrected chi connectivity index (χ4v) is 3.50. The molecule has 0 spiro atoms. The Morgan fingerprint density at radius 2 is 2.00 bits per heavy atom. The second-order valence-corrected chi connectivity index (χ2v) is 6.45. The first-order chi connectivity index (χ1) is 12.8. The van der Waals surface area contributed by atoms with Gasteiger partial charge in [-0.3, -0.25) is 4.79 Å². The summed E-state index contributed by atoms with van der Waals surface area (Å²) in [5.74, 6) is 0.906. The third-order valence-electron chi connectivity index (χ3n) is 3.98. The predicted octanol–water partition coefficient (Wildman–Crippen LogP) is 3.13. The Kier molecular flexibility index (Phi) is 4.40. The smallest absolute Gasteiger partial charge is 0.214 e. The van der Waals surface area contributed by atoms with Gasteiger partial charge < -0.3 is 9.72 Å². The van der Waals surface area contributed by atoms with Crippen molar-refractivity contribution in [3.8, 4) is 11.4 Å². The quantitative estimate of drug-likeness (QED) is 0.417. The van der Waals surface area contributed by atoms with E-state index in [9.17, 15) is 4.79 Å². The minimum Gasteiger partial charge on any atom is -0.494 e. The number of para-hydroxylation sites is 3. The van der Waals surface area contributed by atoms with Crippen molar-refractivity contribution in [2.75, 3.05) is 12.9 Å². The number of Topliss-reactive ketones (excluding diaryl/α,β-unsaturated/α-hetero) is 1. The van der Waals surface area contributed by atoms with Crippen molar-refractivity contribution in [2.45, 2.75) is 5.16 Å². The summed E-state index contributed by atoms with van der Waals surface area (Å²) < 4.78 is 6.94. The number of hydrogen-bond donors (Lipinski definition) is 1. The second kappa shape index (κ2) is 7.01. The highest BCUT2D eigenvalue weighted by Crippen LogP contribution is 2.26. The molecule has 0 aliphatic carbocycles. The van der Waals surface area contributed by atoms with E-state index in [0.717, 1.165) is 16.6 Å². The number of aromatic nitrogens is 5. The van der Waals surface area contributed by atoms with Crippen LogP contribution in [-0.2, 0) is 0 Å². The highest BCUT2D eigenvalue weighted by molar-refractivity contribution is 7.99. The molecular formula is C18H15N5O2S. The van der Waals surface area contributed by atoms with Gasteiger partial charge in [0.25, 0.3) is 0 Å². The van der Waals surface area contributed by atoms with Gasteiger partial charge in [-0.05, 0) is 28.6 Å². The second-order valence-electron chi connectivity index (χ2n) is 5.50. The Balaban J connectivity index is 1.56. The molecule has 2 aromatic carbocycles. The third-order valence-corrected chi connectivity index (χ3v) is 4.90. The molecule has 4 aromatic rings. The molecule has 7 nitrogen and oxygen atoms in total. The number of methoxy groups -OCH3 is 1. The summed E-state index contributed by atoms with van der Waals surface area (Å²) in [6.07, 6.45) is 1.75. The number of tetrazole rings is 1. The maximum Gasteiger partial charge on any atom is 0.214 e. The van der Waals surface area contributed by atoms with Gasteiger partial charge in [0.15, 0.2) is 5.78 Å². The molecule has 0 saturated heterocycles. The largest absolute Gasteiger partial charge is 0.494 e. The van der Waals surface area contributed by atoms with Crippen molar-refractivity contribution in [1.82, 2.24) is 25.2 Å². The zero-order valence-corrected chi connectivity index (χ0v) is 14.7.